The molecule has 1 amide bonds. The van der Waals surface area contributed by atoms with Crippen molar-refractivity contribution < 1.29 is 4.79 Å². The number of nitrogens with two attached hydrogens (primary N) is 2. The van der Waals surface area contributed by atoms with Crippen molar-refractivity contribution in [3.63, 3.8) is 0 Å². The number of para-hydroxylation sites is 1. The molecule has 0 aliphatic rings. The predicted molar refractivity (Wildman–Crippen MR) is 76.6 cm³/mol. The summed E-state index contributed by atoms with van der Waals surface area (Å²) in [6.45, 7) is 5.24. The van der Waals surface area contributed by atoms with Gasteiger partial charge in [0.25, 0.3) is 5.91 Å². The van der Waals surface area contributed by atoms with Crippen LogP contribution < -0.4 is 16.8 Å². The SMILES string of the molecule is CC(C)CCCCNc1c(N)cccc1C(N)=O. The van der Waals surface area contributed by atoms with E-state index in [1.54, 1.807) is 18.2 Å². The quantitative estimate of drug-likeness (QED) is 0.513. The lowest BCUT2D eigenvalue weighted by molar-refractivity contribution is 0.100. The third-order valence-electron chi connectivity index (χ3n) is 2.87. The van der Waals surface area contributed by atoms with Gasteiger partial charge in [-0.15, -0.1) is 0 Å². The second-order valence-electron chi connectivity index (χ2n) is 4.95. The number of primary amides is 1. The Kier molecular flexibility index (Phi) is 5.49. The van der Waals surface area contributed by atoms with E-state index in [1.165, 1.54) is 12.8 Å². The van der Waals surface area contributed by atoms with Crippen LogP contribution in [0.2, 0.25) is 0 Å². The lowest BCUT2D eigenvalue weighted by Gasteiger charge is -2.13. The van der Waals surface area contributed by atoms with Gasteiger partial charge in [-0.05, 0) is 24.5 Å². The lowest BCUT2D eigenvalue weighted by Crippen LogP contribution is -2.16. The predicted octanol–water partition coefficient (Wildman–Crippen LogP) is 2.61. The zero-order valence-electron chi connectivity index (χ0n) is 11.2. The molecule has 0 saturated heterocycles. The third-order valence-corrected chi connectivity index (χ3v) is 2.87. The Bertz CT molecular complexity index is 402. The first-order valence-corrected chi connectivity index (χ1v) is 6.44. The lowest BCUT2D eigenvalue weighted by atomic mass is 10.1. The summed E-state index contributed by atoms with van der Waals surface area (Å²) in [7, 11) is 0. The first-order valence-electron chi connectivity index (χ1n) is 6.44. The van der Waals surface area contributed by atoms with E-state index in [4.69, 9.17) is 11.5 Å². The Hall–Kier alpha value is -1.71. The highest BCUT2D eigenvalue weighted by Crippen LogP contribution is 2.23. The van der Waals surface area contributed by atoms with Gasteiger partial charge in [0.2, 0.25) is 0 Å². The van der Waals surface area contributed by atoms with Crippen LogP contribution in [0.15, 0.2) is 18.2 Å². The normalized spacial score (nSPS) is 10.6. The van der Waals surface area contributed by atoms with E-state index in [-0.39, 0.29) is 0 Å². The molecule has 0 aliphatic heterocycles. The Morgan fingerprint density at radius 2 is 2.06 bits per heavy atom. The van der Waals surface area contributed by atoms with Crippen molar-refractivity contribution in [2.45, 2.75) is 33.1 Å². The Morgan fingerprint density at radius 3 is 2.67 bits per heavy atom. The molecule has 1 aromatic carbocycles. The molecule has 0 heterocycles. The highest BCUT2D eigenvalue weighted by atomic mass is 16.1. The molecule has 0 aromatic heterocycles. The van der Waals surface area contributed by atoms with Crippen LogP contribution in [-0.2, 0) is 0 Å². The van der Waals surface area contributed by atoms with E-state index < -0.39 is 5.91 Å². The van der Waals surface area contributed by atoms with Crippen LogP contribution >= 0.6 is 0 Å². The summed E-state index contributed by atoms with van der Waals surface area (Å²) in [5.74, 6) is 0.278. The maximum atomic E-state index is 11.3. The first-order chi connectivity index (χ1) is 8.52. The summed E-state index contributed by atoms with van der Waals surface area (Å²) in [6.07, 6.45) is 3.45. The Balaban J connectivity index is 2.53. The summed E-state index contributed by atoms with van der Waals surface area (Å²) in [4.78, 5) is 11.3. The van der Waals surface area contributed by atoms with Gasteiger partial charge in [-0.1, -0.05) is 32.8 Å². The second-order valence-corrected chi connectivity index (χ2v) is 4.95. The maximum Gasteiger partial charge on any atom is 0.250 e. The zero-order valence-corrected chi connectivity index (χ0v) is 11.2. The molecule has 0 aliphatic carbocycles. The van der Waals surface area contributed by atoms with Crippen LogP contribution in [0.1, 0.15) is 43.5 Å². The fourth-order valence-electron chi connectivity index (χ4n) is 1.86. The van der Waals surface area contributed by atoms with Crippen molar-refractivity contribution in [1.29, 1.82) is 0 Å². The van der Waals surface area contributed by atoms with Crippen molar-refractivity contribution in [3.05, 3.63) is 23.8 Å². The highest BCUT2D eigenvalue weighted by molar-refractivity contribution is 6.01. The van der Waals surface area contributed by atoms with Crippen LogP contribution in [0.25, 0.3) is 0 Å². The van der Waals surface area contributed by atoms with Gasteiger partial charge in [0.15, 0.2) is 0 Å². The van der Waals surface area contributed by atoms with Crippen LogP contribution in [0, 0.1) is 5.92 Å². The molecule has 0 radical (unpaired) electrons. The smallest absolute Gasteiger partial charge is 0.250 e. The number of nitrogen functional groups attached to an aromatic ring is 1. The van der Waals surface area contributed by atoms with E-state index in [9.17, 15) is 4.79 Å². The van der Waals surface area contributed by atoms with Gasteiger partial charge in [-0.2, -0.15) is 0 Å². The molecule has 4 heteroatoms. The molecule has 5 N–H and O–H groups in total. The van der Waals surface area contributed by atoms with Crippen LogP contribution in [0.5, 0.6) is 0 Å². The van der Waals surface area contributed by atoms with Crippen LogP contribution in [-0.4, -0.2) is 12.5 Å². The Labute approximate surface area is 109 Å². The molecule has 18 heavy (non-hydrogen) atoms. The summed E-state index contributed by atoms with van der Waals surface area (Å²) < 4.78 is 0. The molecule has 4 nitrogen and oxygen atoms in total. The summed E-state index contributed by atoms with van der Waals surface area (Å²) in [5.41, 5.74) is 12.9. The molecular weight excluding hydrogens is 226 g/mol. The van der Waals surface area contributed by atoms with Gasteiger partial charge in [-0.3, -0.25) is 4.79 Å². The monoisotopic (exact) mass is 249 g/mol. The van der Waals surface area contributed by atoms with E-state index >= 15 is 0 Å². The van der Waals surface area contributed by atoms with Gasteiger partial charge in [0.1, 0.15) is 0 Å². The number of unbranched alkanes of at least 4 members (excludes halogenated alkanes) is 1. The number of benzene rings is 1. The molecule has 0 bridgehead atoms. The summed E-state index contributed by atoms with van der Waals surface area (Å²) in [6, 6.07) is 5.19. The van der Waals surface area contributed by atoms with E-state index in [2.05, 4.69) is 19.2 Å². The van der Waals surface area contributed by atoms with Crippen molar-refractivity contribution in [1.82, 2.24) is 0 Å². The van der Waals surface area contributed by atoms with E-state index in [1.807, 2.05) is 0 Å². The zero-order chi connectivity index (χ0) is 13.5. The Morgan fingerprint density at radius 1 is 1.33 bits per heavy atom. The van der Waals surface area contributed by atoms with Gasteiger partial charge >= 0.3 is 0 Å². The van der Waals surface area contributed by atoms with Gasteiger partial charge in [0.05, 0.1) is 16.9 Å². The molecule has 0 spiro atoms. The van der Waals surface area contributed by atoms with E-state index in [0.29, 0.717) is 16.9 Å². The molecule has 100 valence electrons. The fraction of sp³-hybridized carbons (Fsp3) is 0.500. The molecule has 1 aromatic rings. The minimum atomic E-state index is -0.452. The molecule has 0 atom stereocenters. The number of hydrogen-bond donors (Lipinski definition) is 3. The maximum absolute atomic E-state index is 11.3. The first kappa shape index (κ1) is 14.4. The largest absolute Gasteiger partial charge is 0.397 e. The minimum Gasteiger partial charge on any atom is -0.397 e. The van der Waals surface area contributed by atoms with Gasteiger partial charge in [-0.25, -0.2) is 0 Å². The minimum absolute atomic E-state index is 0.452. The van der Waals surface area contributed by atoms with Crippen molar-refractivity contribution in [2.24, 2.45) is 11.7 Å². The second kappa shape index (κ2) is 6.89. The standard InChI is InChI=1S/C14H23N3O/c1-10(2)6-3-4-9-17-13-11(14(16)18)7-5-8-12(13)15/h5,7-8,10,17H,3-4,6,9,15H2,1-2H3,(H2,16,18). The number of anilines is 2. The van der Waals surface area contributed by atoms with Gasteiger partial charge < -0.3 is 16.8 Å². The number of hydrogen-bond acceptors (Lipinski definition) is 3. The highest BCUT2D eigenvalue weighted by Gasteiger charge is 2.09. The summed E-state index contributed by atoms with van der Waals surface area (Å²) >= 11 is 0. The number of rotatable bonds is 7. The third kappa shape index (κ3) is 4.28. The average Bonchev–Trinajstić information content (AvgIpc) is 2.29. The number of amides is 1. The molecule has 0 unspecified atom stereocenters. The topological polar surface area (TPSA) is 81.1 Å². The van der Waals surface area contributed by atoms with Crippen molar-refractivity contribution in [3.8, 4) is 0 Å². The number of carbonyl (C=O) groups is 1. The van der Waals surface area contributed by atoms with E-state index in [0.717, 1.165) is 18.9 Å². The van der Waals surface area contributed by atoms with Crippen molar-refractivity contribution in [2.75, 3.05) is 17.6 Å². The fourth-order valence-corrected chi connectivity index (χ4v) is 1.86. The van der Waals surface area contributed by atoms with Gasteiger partial charge in [0, 0.05) is 6.54 Å². The van der Waals surface area contributed by atoms with Crippen molar-refractivity contribution >= 4 is 17.3 Å². The molecular formula is C14H23N3O. The number of carbonyl (C=O) groups excluding carboxylic acids is 1. The number of nitrogens with one attached hydrogen (secondary N) is 1. The molecule has 0 fully saturated rings. The molecule has 0 saturated carbocycles. The summed E-state index contributed by atoms with van der Waals surface area (Å²) in [5, 5.41) is 3.21. The van der Waals surface area contributed by atoms with Crippen LogP contribution in [0.3, 0.4) is 0 Å². The molecule has 1 rings (SSSR count). The average molecular weight is 249 g/mol. The van der Waals surface area contributed by atoms with Crippen LogP contribution in [0.4, 0.5) is 11.4 Å².